The predicted octanol–water partition coefficient (Wildman–Crippen LogP) is 4.04. The van der Waals surface area contributed by atoms with Gasteiger partial charge in [-0.25, -0.2) is 0 Å². The SMILES string of the molecule is COc1ccccc1CN(C)c1ccc([C@H](C)O)cc1Cl. The molecule has 3 nitrogen and oxygen atoms in total. The van der Waals surface area contributed by atoms with Crippen LogP contribution in [0.4, 0.5) is 5.69 Å². The summed E-state index contributed by atoms with van der Waals surface area (Å²) < 4.78 is 5.37. The van der Waals surface area contributed by atoms with E-state index in [1.807, 2.05) is 43.4 Å². The van der Waals surface area contributed by atoms with E-state index in [1.54, 1.807) is 20.1 Å². The van der Waals surface area contributed by atoms with Crippen LogP contribution in [-0.2, 0) is 6.54 Å². The van der Waals surface area contributed by atoms with Gasteiger partial charge in [0.15, 0.2) is 0 Å². The Morgan fingerprint density at radius 2 is 1.95 bits per heavy atom. The van der Waals surface area contributed by atoms with Crippen molar-refractivity contribution in [3.05, 3.63) is 58.6 Å². The molecule has 0 spiro atoms. The lowest BCUT2D eigenvalue weighted by Crippen LogP contribution is -2.17. The third-order valence-electron chi connectivity index (χ3n) is 3.47. The third kappa shape index (κ3) is 3.69. The fourth-order valence-electron chi connectivity index (χ4n) is 2.27. The molecule has 0 amide bonds. The summed E-state index contributed by atoms with van der Waals surface area (Å²) in [7, 11) is 3.65. The molecular weight excluding hydrogens is 286 g/mol. The lowest BCUT2D eigenvalue weighted by atomic mass is 10.1. The van der Waals surface area contributed by atoms with Gasteiger partial charge in [0.05, 0.1) is 23.9 Å². The van der Waals surface area contributed by atoms with Crippen LogP contribution in [0.5, 0.6) is 5.75 Å². The van der Waals surface area contributed by atoms with Gasteiger partial charge in [-0.05, 0) is 30.7 Å². The van der Waals surface area contributed by atoms with Crippen molar-refractivity contribution < 1.29 is 9.84 Å². The molecule has 4 heteroatoms. The first-order valence-corrected chi connectivity index (χ1v) is 7.21. The van der Waals surface area contributed by atoms with E-state index in [1.165, 1.54) is 0 Å². The highest BCUT2D eigenvalue weighted by Gasteiger charge is 2.11. The van der Waals surface area contributed by atoms with E-state index in [0.29, 0.717) is 11.6 Å². The molecule has 0 saturated carbocycles. The van der Waals surface area contributed by atoms with Crippen molar-refractivity contribution in [3.63, 3.8) is 0 Å². The van der Waals surface area contributed by atoms with Gasteiger partial charge in [0.2, 0.25) is 0 Å². The zero-order valence-corrected chi connectivity index (χ0v) is 13.3. The van der Waals surface area contributed by atoms with E-state index >= 15 is 0 Å². The second-order valence-electron chi connectivity index (χ2n) is 5.05. The van der Waals surface area contributed by atoms with Crippen LogP contribution >= 0.6 is 11.6 Å². The van der Waals surface area contributed by atoms with Gasteiger partial charge in [-0.3, -0.25) is 0 Å². The summed E-state index contributed by atoms with van der Waals surface area (Å²) in [5, 5.41) is 10.2. The Morgan fingerprint density at radius 1 is 1.24 bits per heavy atom. The molecule has 0 aliphatic heterocycles. The molecule has 0 fully saturated rings. The molecule has 2 aromatic rings. The number of hydrogen-bond donors (Lipinski definition) is 1. The zero-order valence-electron chi connectivity index (χ0n) is 12.5. The average molecular weight is 306 g/mol. The molecule has 0 aliphatic carbocycles. The Balaban J connectivity index is 2.22. The number of anilines is 1. The molecular formula is C17H20ClNO2. The fraction of sp³-hybridized carbons (Fsp3) is 0.294. The van der Waals surface area contributed by atoms with Crippen LogP contribution in [-0.4, -0.2) is 19.3 Å². The van der Waals surface area contributed by atoms with Crippen molar-refractivity contribution in [3.8, 4) is 5.75 Å². The van der Waals surface area contributed by atoms with Crippen molar-refractivity contribution in [1.82, 2.24) is 0 Å². The second kappa shape index (κ2) is 6.83. The molecule has 2 rings (SSSR count). The molecule has 0 bridgehead atoms. The van der Waals surface area contributed by atoms with Crippen molar-refractivity contribution >= 4 is 17.3 Å². The van der Waals surface area contributed by atoms with Crippen LogP contribution in [0.15, 0.2) is 42.5 Å². The third-order valence-corrected chi connectivity index (χ3v) is 3.77. The average Bonchev–Trinajstić information content (AvgIpc) is 2.47. The number of aliphatic hydroxyl groups excluding tert-OH is 1. The number of para-hydroxylation sites is 1. The molecule has 2 aromatic carbocycles. The molecule has 1 N–H and O–H groups in total. The van der Waals surface area contributed by atoms with E-state index in [-0.39, 0.29) is 0 Å². The van der Waals surface area contributed by atoms with E-state index in [9.17, 15) is 5.11 Å². The van der Waals surface area contributed by atoms with Crippen LogP contribution in [0.1, 0.15) is 24.2 Å². The van der Waals surface area contributed by atoms with E-state index in [0.717, 1.165) is 22.6 Å². The topological polar surface area (TPSA) is 32.7 Å². The Bertz CT molecular complexity index is 613. The summed E-state index contributed by atoms with van der Waals surface area (Å²) in [6.45, 7) is 2.42. The van der Waals surface area contributed by atoms with E-state index in [2.05, 4.69) is 4.90 Å². The van der Waals surface area contributed by atoms with Gasteiger partial charge in [0.25, 0.3) is 0 Å². The Hall–Kier alpha value is -1.71. The normalized spacial score (nSPS) is 12.0. The summed E-state index contributed by atoms with van der Waals surface area (Å²) in [5.41, 5.74) is 2.83. The summed E-state index contributed by atoms with van der Waals surface area (Å²) in [6.07, 6.45) is -0.518. The van der Waals surface area contributed by atoms with Gasteiger partial charge in [0, 0.05) is 19.2 Å². The lowest BCUT2D eigenvalue weighted by Gasteiger charge is -2.22. The Labute approximate surface area is 130 Å². The molecule has 0 radical (unpaired) electrons. The number of benzene rings is 2. The number of ether oxygens (including phenoxy) is 1. The minimum absolute atomic E-state index is 0.518. The largest absolute Gasteiger partial charge is 0.496 e. The fourth-order valence-corrected chi connectivity index (χ4v) is 2.60. The zero-order chi connectivity index (χ0) is 15.4. The summed E-state index contributed by atoms with van der Waals surface area (Å²) >= 11 is 6.32. The number of halogens is 1. The molecule has 0 heterocycles. The number of nitrogens with zero attached hydrogens (tertiary/aromatic N) is 1. The van der Waals surface area contributed by atoms with Gasteiger partial charge < -0.3 is 14.7 Å². The number of hydrogen-bond acceptors (Lipinski definition) is 3. The van der Waals surface area contributed by atoms with E-state index < -0.39 is 6.10 Å². The van der Waals surface area contributed by atoms with E-state index in [4.69, 9.17) is 16.3 Å². The summed E-state index contributed by atoms with van der Waals surface area (Å²) in [4.78, 5) is 2.06. The van der Waals surface area contributed by atoms with Gasteiger partial charge in [-0.2, -0.15) is 0 Å². The van der Waals surface area contributed by atoms with Crippen LogP contribution < -0.4 is 9.64 Å². The van der Waals surface area contributed by atoms with Crippen LogP contribution in [0.25, 0.3) is 0 Å². The number of aliphatic hydroxyl groups is 1. The Morgan fingerprint density at radius 3 is 2.57 bits per heavy atom. The van der Waals surface area contributed by atoms with Gasteiger partial charge in [-0.1, -0.05) is 35.9 Å². The van der Waals surface area contributed by atoms with Crippen LogP contribution in [0.2, 0.25) is 5.02 Å². The summed E-state index contributed by atoms with van der Waals surface area (Å²) in [5.74, 6) is 0.862. The molecule has 0 unspecified atom stereocenters. The summed E-state index contributed by atoms with van der Waals surface area (Å²) in [6, 6.07) is 13.6. The smallest absolute Gasteiger partial charge is 0.123 e. The standard InChI is InChI=1S/C17H20ClNO2/c1-12(20)13-8-9-16(15(18)10-13)19(2)11-14-6-4-5-7-17(14)21-3/h4-10,12,20H,11H2,1-3H3/t12-/m0/s1. The number of rotatable bonds is 5. The van der Waals surface area contributed by atoms with Crippen molar-refractivity contribution in [2.24, 2.45) is 0 Å². The van der Waals surface area contributed by atoms with Crippen LogP contribution in [0, 0.1) is 0 Å². The molecule has 1 atom stereocenters. The van der Waals surface area contributed by atoms with Gasteiger partial charge >= 0.3 is 0 Å². The highest BCUT2D eigenvalue weighted by atomic mass is 35.5. The van der Waals surface area contributed by atoms with Crippen LogP contribution in [0.3, 0.4) is 0 Å². The predicted molar refractivity (Wildman–Crippen MR) is 87.2 cm³/mol. The first-order valence-electron chi connectivity index (χ1n) is 6.83. The Kier molecular flexibility index (Phi) is 5.10. The number of methoxy groups -OCH3 is 1. The maximum Gasteiger partial charge on any atom is 0.123 e. The lowest BCUT2D eigenvalue weighted by molar-refractivity contribution is 0.199. The second-order valence-corrected chi connectivity index (χ2v) is 5.46. The maximum atomic E-state index is 9.59. The molecule has 0 saturated heterocycles. The first kappa shape index (κ1) is 15.7. The van der Waals surface area contributed by atoms with Crippen molar-refractivity contribution in [2.75, 3.05) is 19.1 Å². The molecule has 0 aromatic heterocycles. The minimum atomic E-state index is -0.518. The monoisotopic (exact) mass is 305 g/mol. The first-order chi connectivity index (χ1) is 10.0. The molecule has 21 heavy (non-hydrogen) atoms. The van der Waals surface area contributed by atoms with Crippen molar-refractivity contribution in [1.29, 1.82) is 0 Å². The highest BCUT2D eigenvalue weighted by molar-refractivity contribution is 6.33. The maximum absolute atomic E-state index is 9.59. The highest BCUT2D eigenvalue weighted by Crippen LogP contribution is 2.30. The van der Waals surface area contributed by atoms with Gasteiger partial charge in [-0.15, -0.1) is 0 Å². The van der Waals surface area contributed by atoms with Gasteiger partial charge in [0.1, 0.15) is 5.75 Å². The molecule has 112 valence electrons. The van der Waals surface area contributed by atoms with Crippen molar-refractivity contribution in [2.45, 2.75) is 19.6 Å². The quantitative estimate of drug-likeness (QED) is 0.905. The minimum Gasteiger partial charge on any atom is -0.496 e. The molecule has 0 aliphatic rings.